The fraction of sp³-hybridized carbons (Fsp3) is 0.923. The van der Waals surface area contributed by atoms with Crippen LogP contribution >= 0.6 is 0 Å². The number of Topliss-reactive ketones (excluding diaryl/α,β-unsaturated/α-hetero) is 1. The standard InChI is InChI=1S/C13H13F13O/c1-2-3-4-5-7(27)6-8(14,15)9(16,17)10(18,19)11(20,21)12(22,23)13(24,25)26/h2-6H2,1H3. The molecule has 0 saturated carbocycles. The van der Waals surface area contributed by atoms with Crippen molar-refractivity contribution in [3.63, 3.8) is 0 Å². The maximum absolute atomic E-state index is 13.4. The molecule has 0 aliphatic rings. The van der Waals surface area contributed by atoms with Gasteiger partial charge in [0.2, 0.25) is 0 Å². The third-order valence-corrected chi connectivity index (χ3v) is 3.48. The number of halogens is 13. The predicted octanol–water partition coefficient (Wildman–Crippen LogP) is 6.26. The molecule has 0 heterocycles. The number of ketones is 1. The largest absolute Gasteiger partial charge is 0.460 e. The second kappa shape index (κ2) is 7.64. The number of carbonyl (C=O) groups excluding carboxylic acids is 1. The first-order chi connectivity index (χ1) is 11.7. The molecule has 0 aromatic carbocycles. The van der Waals surface area contributed by atoms with Crippen LogP contribution in [-0.2, 0) is 4.79 Å². The van der Waals surface area contributed by atoms with Crippen LogP contribution in [0, 0.1) is 0 Å². The Morgan fingerprint density at radius 3 is 1.41 bits per heavy atom. The van der Waals surface area contributed by atoms with Gasteiger partial charge in [-0.15, -0.1) is 0 Å². The molecule has 162 valence electrons. The van der Waals surface area contributed by atoms with Crippen molar-refractivity contribution in [1.82, 2.24) is 0 Å². The van der Waals surface area contributed by atoms with E-state index in [0.29, 0.717) is 6.42 Å². The minimum absolute atomic E-state index is 0.143. The maximum Gasteiger partial charge on any atom is 0.460 e. The Hall–Kier alpha value is -1.24. The van der Waals surface area contributed by atoms with Crippen molar-refractivity contribution in [2.45, 2.75) is 74.8 Å². The van der Waals surface area contributed by atoms with Crippen molar-refractivity contribution in [1.29, 1.82) is 0 Å². The van der Waals surface area contributed by atoms with E-state index in [1.807, 2.05) is 0 Å². The summed E-state index contributed by atoms with van der Waals surface area (Å²) in [4.78, 5) is 11.1. The van der Waals surface area contributed by atoms with Crippen LogP contribution in [0.2, 0.25) is 0 Å². The molecule has 0 radical (unpaired) electrons. The van der Waals surface area contributed by atoms with E-state index in [2.05, 4.69) is 0 Å². The molecular weight excluding hydrogens is 419 g/mol. The smallest absolute Gasteiger partial charge is 0.299 e. The van der Waals surface area contributed by atoms with Gasteiger partial charge in [-0.3, -0.25) is 4.79 Å². The van der Waals surface area contributed by atoms with E-state index in [1.165, 1.54) is 0 Å². The van der Waals surface area contributed by atoms with Crippen LogP contribution < -0.4 is 0 Å². The summed E-state index contributed by atoms with van der Waals surface area (Å²) in [6, 6.07) is 0. The summed E-state index contributed by atoms with van der Waals surface area (Å²) in [5, 5.41) is 0. The van der Waals surface area contributed by atoms with Gasteiger partial charge in [0, 0.05) is 6.42 Å². The lowest BCUT2D eigenvalue weighted by Gasteiger charge is -2.39. The molecule has 14 heteroatoms. The van der Waals surface area contributed by atoms with Crippen LogP contribution in [0.15, 0.2) is 0 Å². The molecule has 1 nitrogen and oxygen atoms in total. The number of unbranched alkanes of at least 4 members (excludes halogenated alkanes) is 2. The fourth-order valence-electron chi connectivity index (χ4n) is 1.82. The summed E-state index contributed by atoms with van der Waals surface area (Å²) >= 11 is 0. The zero-order chi connectivity index (χ0) is 22.1. The van der Waals surface area contributed by atoms with E-state index >= 15 is 0 Å². The Bertz CT molecular complexity index is 521. The van der Waals surface area contributed by atoms with Crippen molar-refractivity contribution in [2.24, 2.45) is 0 Å². The van der Waals surface area contributed by atoms with E-state index in [4.69, 9.17) is 0 Å². The summed E-state index contributed by atoms with van der Waals surface area (Å²) in [6.45, 7) is 1.58. The van der Waals surface area contributed by atoms with Gasteiger partial charge in [-0.25, -0.2) is 0 Å². The molecule has 0 aliphatic heterocycles. The molecule has 0 spiro atoms. The molecule has 0 atom stereocenters. The Morgan fingerprint density at radius 1 is 0.630 bits per heavy atom. The first kappa shape index (κ1) is 25.8. The molecule has 0 aromatic rings. The number of alkyl halides is 13. The van der Waals surface area contributed by atoms with Crippen LogP contribution in [0.4, 0.5) is 57.1 Å². The normalized spacial score (nSPS) is 15.2. The fourth-order valence-corrected chi connectivity index (χ4v) is 1.82. The van der Waals surface area contributed by atoms with Crippen molar-refractivity contribution < 1.29 is 61.9 Å². The molecule has 0 unspecified atom stereocenters. The van der Waals surface area contributed by atoms with Gasteiger partial charge in [-0.2, -0.15) is 57.1 Å². The molecule has 0 amide bonds. The van der Waals surface area contributed by atoms with Crippen molar-refractivity contribution in [2.75, 3.05) is 0 Å². The van der Waals surface area contributed by atoms with Gasteiger partial charge in [0.15, 0.2) is 0 Å². The molecule has 0 bridgehead atoms. The molecule has 0 N–H and O–H groups in total. The molecule has 27 heavy (non-hydrogen) atoms. The number of hydrogen-bond donors (Lipinski definition) is 0. The number of hydrogen-bond acceptors (Lipinski definition) is 1. The van der Waals surface area contributed by atoms with Crippen molar-refractivity contribution >= 4 is 5.78 Å². The average Bonchev–Trinajstić information content (AvgIpc) is 2.44. The first-order valence-corrected chi connectivity index (χ1v) is 7.18. The highest BCUT2D eigenvalue weighted by atomic mass is 19.4. The topological polar surface area (TPSA) is 17.1 Å². The Morgan fingerprint density at radius 2 is 1.04 bits per heavy atom. The molecular formula is C13H13F13O. The van der Waals surface area contributed by atoms with Gasteiger partial charge in [-0.1, -0.05) is 19.8 Å². The Labute approximate surface area is 143 Å². The molecule has 0 aromatic heterocycles. The van der Waals surface area contributed by atoms with Crippen molar-refractivity contribution in [3.8, 4) is 0 Å². The zero-order valence-electron chi connectivity index (χ0n) is 13.4. The monoisotopic (exact) mass is 432 g/mol. The average molecular weight is 432 g/mol. The van der Waals surface area contributed by atoms with E-state index in [0.717, 1.165) is 0 Å². The van der Waals surface area contributed by atoms with Gasteiger partial charge >= 0.3 is 35.8 Å². The van der Waals surface area contributed by atoms with Crippen LogP contribution in [-0.4, -0.2) is 41.6 Å². The summed E-state index contributed by atoms with van der Waals surface area (Å²) in [7, 11) is 0. The lowest BCUT2D eigenvalue weighted by atomic mass is 9.91. The molecule has 0 rings (SSSR count). The Kier molecular flexibility index (Phi) is 7.29. The predicted molar refractivity (Wildman–Crippen MR) is 64.6 cm³/mol. The van der Waals surface area contributed by atoms with Gasteiger partial charge in [0.1, 0.15) is 5.78 Å². The van der Waals surface area contributed by atoms with Crippen LogP contribution in [0.1, 0.15) is 39.0 Å². The summed E-state index contributed by atoms with van der Waals surface area (Å²) in [6.07, 6.45) is -10.5. The summed E-state index contributed by atoms with van der Waals surface area (Å²) < 4.78 is 166. The maximum atomic E-state index is 13.4. The highest BCUT2D eigenvalue weighted by molar-refractivity contribution is 5.79. The van der Waals surface area contributed by atoms with E-state index in [9.17, 15) is 61.9 Å². The SMILES string of the molecule is CCCCCC(=O)CC(F)(F)C(F)(F)C(F)(F)C(F)(F)C(F)(F)C(F)(F)F. The molecule has 0 saturated heterocycles. The summed E-state index contributed by atoms with van der Waals surface area (Å²) in [5.74, 6) is -39.0. The lowest BCUT2D eigenvalue weighted by Crippen LogP contribution is -2.70. The lowest BCUT2D eigenvalue weighted by molar-refractivity contribution is -0.439. The quantitative estimate of drug-likeness (QED) is 0.294. The highest BCUT2D eigenvalue weighted by Crippen LogP contribution is 2.60. The number of rotatable bonds is 10. The van der Waals surface area contributed by atoms with Gasteiger partial charge in [-0.05, 0) is 6.42 Å². The van der Waals surface area contributed by atoms with Crippen LogP contribution in [0.3, 0.4) is 0 Å². The van der Waals surface area contributed by atoms with E-state index in [1.54, 1.807) is 6.92 Å². The second-order valence-corrected chi connectivity index (χ2v) is 5.67. The van der Waals surface area contributed by atoms with Crippen molar-refractivity contribution in [3.05, 3.63) is 0 Å². The minimum atomic E-state index is -7.93. The third kappa shape index (κ3) is 4.44. The summed E-state index contributed by atoms with van der Waals surface area (Å²) in [5.41, 5.74) is 0. The van der Waals surface area contributed by atoms with E-state index < -0.39 is 54.4 Å². The zero-order valence-corrected chi connectivity index (χ0v) is 13.4. The minimum Gasteiger partial charge on any atom is -0.299 e. The van der Waals surface area contributed by atoms with Gasteiger partial charge < -0.3 is 0 Å². The molecule has 0 aliphatic carbocycles. The third-order valence-electron chi connectivity index (χ3n) is 3.48. The van der Waals surface area contributed by atoms with E-state index in [-0.39, 0.29) is 12.8 Å². The first-order valence-electron chi connectivity index (χ1n) is 7.18. The highest BCUT2D eigenvalue weighted by Gasteiger charge is 2.90. The van der Waals surface area contributed by atoms with Gasteiger partial charge in [0.05, 0.1) is 6.42 Å². The van der Waals surface area contributed by atoms with Gasteiger partial charge in [0.25, 0.3) is 0 Å². The Balaban J connectivity index is 5.84. The van der Waals surface area contributed by atoms with Crippen LogP contribution in [0.25, 0.3) is 0 Å². The second-order valence-electron chi connectivity index (χ2n) is 5.67. The molecule has 0 fully saturated rings. The van der Waals surface area contributed by atoms with Crippen LogP contribution in [0.5, 0.6) is 0 Å². The number of carbonyl (C=O) groups is 1.